The van der Waals surface area contributed by atoms with E-state index >= 15 is 0 Å². The van der Waals surface area contributed by atoms with Gasteiger partial charge in [0.1, 0.15) is 0 Å². The van der Waals surface area contributed by atoms with Crippen LogP contribution in [0.25, 0.3) is 0 Å². The molecule has 0 radical (unpaired) electrons. The molecule has 1 aromatic rings. The minimum Gasteiger partial charge on any atom is -0.386 e. The van der Waals surface area contributed by atoms with Gasteiger partial charge in [0, 0.05) is 5.56 Å². The van der Waals surface area contributed by atoms with E-state index < -0.39 is 5.60 Å². The van der Waals surface area contributed by atoms with Gasteiger partial charge in [-0.05, 0) is 26.3 Å². The minimum atomic E-state index is -0.838. The Labute approximate surface area is 78.2 Å². The Balaban J connectivity index is 3.01. The molecule has 0 bridgehead atoms. The second-order valence-electron chi connectivity index (χ2n) is 3.69. The number of Topliss-reactive ketones (excluding diaryl/α,β-unsaturated/α-hetero) is 1. The van der Waals surface area contributed by atoms with Crippen LogP contribution in [-0.2, 0) is 5.60 Å². The fraction of sp³-hybridized carbons (Fsp3) is 0.364. The molecule has 0 aromatic heterocycles. The van der Waals surface area contributed by atoms with Gasteiger partial charge in [-0.25, -0.2) is 0 Å². The number of hydrogen-bond donors (Lipinski definition) is 1. The van der Waals surface area contributed by atoms with Gasteiger partial charge in [0.2, 0.25) is 0 Å². The van der Waals surface area contributed by atoms with E-state index in [0.717, 1.165) is 5.56 Å². The standard InChI is InChI=1S/C11H14O2/c1-8(12)9-4-6-10(7-5-9)11(2,3)13/h4-7,13H,1-3H3. The van der Waals surface area contributed by atoms with Crippen molar-refractivity contribution in [2.24, 2.45) is 0 Å². The molecule has 0 amide bonds. The lowest BCUT2D eigenvalue weighted by Gasteiger charge is -2.17. The number of benzene rings is 1. The van der Waals surface area contributed by atoms with E-state index in [4.69, 9.17) is 0 Å². The Kier molecular flexibility index (Phi) is 2.52. The fourth-order valence-corrected chi connectivity index (χ4v) is 1.11. The third-order valence-corrected chi connectivity index (χ3v) is 2.00. The van der Waals surface area contributed by atoms with Gasteiger partial charge in [0.15, 0.2) is 5.78 Å². The van der Waals surface area contributed by atoms with Gasteiger partial charge >= 0.3 is 0 Å². The van der Waals surface area contributed by atoms with Crippen LogP contribution in [0, 0.1) is 0 Å². The molecule has 2 nitrogen and oxygen atoms in total. The van der Waals surface area contributed by atoms with Crippen LogP contribution >= 0.6 is 0 Å². The monoisotopic (exact) mass is 178 g/mol. The SMILES string of the molecule is CC(=O)c1ccc(C(C)(C)O)cc1. The molecule has 0 unspecified atom stereocenters. The molecule has 0 aliphatic rings. The van der Waals surface area contributed by atoms with Crippen LogP contribution in [0.4, 0.5) is 0 Å². The number of ketones is 1. The predicted molar refractivity (Wildman–Crippen MR) is 51.7 cm³/mol. The van der Waals surface area contributed by atoms with Crippen LogP contribution in [0.3, 0.4) is 0 Å². The molecule has 0 spiro atoms. The van der Waals surface area contributed by atoms with E-state index in [2.05, 4.69) is 0 Å². The van der Waals surface area contributed by atoms with Crippen molar-refractivity contribution in [1.82, 2.24) is 0 Å². The van der Waals surface area contributed by atoms with Gasteiger partial charge in [-0.2, -0.15) is 0 Å². The lowest BCUT2D eigenvalue weighted by atomic mass is 9.97. The lowest BCUT2D eigenvalue weighted by molar-refractivity contribution is 0.0784. The van der Waals surface area contributed by atoms with Gasteiger partial charge in [0.25, 0.3) is 0 Å². The maximum atomic E-state index is 10.9. The van der Waals surface area contributed by atoms with E-state index in [0.29, 0.717) is 5.56 Å². The molecule has 1 rings (SSSR count). The summed E-state index contributed by atoms with van der Waals surface area (Å²) < 4.78 is 0. The smallest absolute Gasteiger partial charge is 0.159 e. The molecule has 13 heavy (non-hydrogen) atoms. The first kappa shape index (κ1) is 9.93. The highest BCUT2D eigenvalue weighted by molar-refractivity contribution is 5.94. The molecular formula is C11H14O2. The molecule has 0 saturated carbocycles. The fourth-order valence-electron chi connectivity index (χ4n) is 1.11. The molecule has 0 heterocycles. The maximum absolute atomic E-state index is 10.9. The van der Waals surface area contributed by atoms with Crippen molar-refractivity contribution >= 4 is 5.78 Å². The second-order valence-corrected chi connectivity index (χ2v) is 3.69. The van der Waals surface area contributed by atoms with E-state index in [1.54, 1.807) is 38.1 Å². The zero-order valence-corrected chi connectivity index (χ0v) is 8.16. The Bertz CT molecular complexity index is 304. The number of aliphatic hydroxyl groups is 1. The highest BCUT2D eigenvalue weighted by atomic mass is 16.3. The summed E-state index contributed by atoms with van der Waals surface area (Å²) in [6.07, 6.45) is 0. The summed E-state index contributed by atoms with van der Waals surface area (Å²) in [7, 11) is 0. The lowest BCUT2D eigenvalue weighted by Crippen LogP contribution is -2.15. The molecule has 2 heteroatoms. The second kappa shape index (κ2) is 3.30. The first-order valence-electron chi connectivity index (χ1n) is 4.25. The first-order chi connectivity index (χ1) is 5.91. The zero-order chi connectivity index (χ0) is 10.1. The molecule has 70 valence electrons. The van der Waals surface area contributed by atoms with Crippen molar-refractivity contribution in [3.8, 4) is 0 Å². The van der Waals surface area contributed by atoms with Gasteiger partial charge in [-0.15, -0.1) is 0 Å². The third kappa shape index (κ3) is 2.39. The van der Waals surface area contributed by atoms with E-state index in [9.17, 15) is 9.90 Å². The van der Waals surface area contributed by atoms with E-state index in [1.165, 1.54) is 6.92 Å². The normalized spacial score (nSPS) is 11.4. The predicted octanol–water partition coefficient (Wildman–Crippen LogP) is 2.12. The highest BCUT2D eigenvalue weighted by Crippen LogP contribution is 2.19. The van der Waals surface area contributed by atoms with Crippen molar-refractivity contribution in [3.05, 3.63) is 35.4 Å². The zero-order valence-electron chi connectivity index (χ0n) is 8.16. The molecule has 0 saturated heterocycles. The maximum Gasteiger partial charge on any atom is 0.159 e. The van der Waals surface area contributed by atoms with Crippen molar-refractivity contribution in [2.75, 3.05) is 0 Å². The van der Waals surface area contributed by atoms with Gasteiger partial charge in [-0.3, -0.25) is 4.79 Å². The number of hydrogen-bond acceptors (Lipinski definition) is 2. The van der Waals surface area contributed by atoms with Crippen LogP contribution < -0.4 is 0 Å². The third-order valence-electron chi connectivity index (χ3n) is 2.00. The van der Waals surface area contributed by atoms with Crippen LogP contribution in [0.5, 0.6) is 0 Å². The summed E-state index contributed by atoms with van der Waals surface area (Å²) in [4.78, 5) is 10.9. The molecular weight excluding hydrogens is 164 g/mol. The number of rotatable bonds is 2. The van der Waals surface area contributed by atoms with Crippen LogP contribution in [0.15, 0.2) is 24.3 Å². The highest BCUT2D eigenvalue weighted by Gasteiger charge is 2.15. The largest absolute Gasteiger partial charge is 0.386 e. The van der Waals surface area contributed by atoms with Crippen LogP contribution in [0.2, 0.25) is 0 Å². The van der Waals surface area contributed by atoms with Gasteiger partial charge < -0.3 is 5.11 Å². The number of carbonyl (C=O) groups excluding carboxylic acids is 1. The molecule has 1 N–H and O–H groups in total. The van der Waals surface area contributed by atoms with E-state index in [-0.39, 0.29) is 5.78 Å². The molecule has 0 aliphatic carbocycles. The molecule has 0 aliphatic heterocycles. The van der Waals surface area contributed by atoms with Crippen molar-refractivity contribution in [2.45, 2.75) is 26.4 Å². The molecule has 0 fully saturated rings. The molecule has 1 aromatic carbocycles. The summed E-state index contributed by atoms with van der Waals surface area (Å²) in [5.41, 5.74) is 0.653. The summed E-state index contributed by atoms with van der Waals surface area (Å²) >= 11 is 0. The summed E-state index contributed by atoms with van der Waals surface area (Å²) in [6, 6.07) is 7.01. The quantitative estimate of drug-likeness (QED) is 0.704. The van der Waals surface area contributed by atoms with Crippen molar-refractivity contribution in [3.63, 3.8) is 0 Å². The van der Waals surface area contributed by atoms with Crippen molar-refractivity contribution < 1.29 is 9.90 Å². The molecule has 0 atom stereocenters. The summed E-state index contributed by atoms with van der Waals surface area (Å²) in [5, 5.41) is 9.63. The number of carbonyl (C=O) groups is 1. The summed E-state index contributed by atoms with van der Waals surface area (Å²) in [6.45, 7) is 4.96. The Morgan fingerprint density at radius 2 is 1.69 bits per heavy atom. The Morgan fingerprint density at radius 3 is 2.00 bits per heavy atom. The topological polar surface area (TPSA) is 37.3 Å². The average molecular weight is 178 g/mol. The first-order valence-corrected chi connectivity index (χ1v) is 4.25. The van der Waals surface area contributed by atoms with Crippen LogP contribution in [-0.4, -0.2) is 10.9 Å². The van der Waals surface area contributed by atoms with Crippen molar-refractivity contribution in [1.29, 1.82) is 0 Å². The average Bonchev–Trinajstić information content (AvgIpc) is 2.03. The minimum absolute atomic E-state index is 0.0438. The summed E-state index contributed by atoms with van der Waals surface area (Å²) in [5.74, 6) is 0.0438. The Morgan fingerprint density at radius 1 is 1.23 bits per heavy atom. The van der Waals surface area contributed by atoms with Crippen LogP contribution in [0.1, 0.15) is 36.7 Å². The Hall–Kier alpha value is -1.15. The van der Waals surface area contributed by atoms with Gasteiger partial charge in [-0.1, -0.05) is 24.3 Å². The van der Waals surface area contributed by atoms with Gasteiger partial charge in [0.05, 0.1) is 5.60 Å². The van der Waals surface area contributed by atoms with E-state index in [1.807, 2.05) is 0 Å².